The molecule has 0 saturated heterocycles. The molecule has 0 fully saturated rings. The van der Waals surface area contributed by atoms with Crippen molar-refractivity contribution in [1.29, 1.82) is 0 Å². The third kappa shape index (κ3) is 1.48. The molecule has 5 rings (SSSR count). The smallest absolute Gasteiger partial charge is 0.0471 e. The number of hydrogen-bond donors (Lipinski definition) is 1. The van der Waals surface area contributed by atoms with Gasteiger partial charge in [0, 0.05) is 21.8 Å². The Morgan fingerprint density at radius 2 is 1.50 bits per heavy atom. The van der Waals surface area contributed by atoms with E-state index < -0.39 is 0 Å². The Morgan fingerprint density at radius 3 is 2.45 bits per heavy atom. The fourth-order valence-electron chi connectivity index (χ4n) is 3.60. The van der Waals surface area contributed by atoms with Crippen LogP contribution in [0.2, 0.25) is 0 Å². The normalized spacial score (nSPS) is 11.9. The first-order valence-corrected chi connectivity index (χ1v) is 7.64. The van der Waals surface area contributed by atoms with Gasteiger partial charge in [-0.3, -0.25) is 0 Å². The Morgan fingerprint density at radius 1 is 0.636 bits per heavy atom. The second-order valence-corrected chi connectivity index (χ2v) is 6.03. The van der Waals surface area contributed by atoms with Crippen molar-refractivity contribution in [3.63, 3.8) is 0 Å². The molecule has 0 aliphatic heterocycles. The van der Waals surface area contributed by atoms with E-state index in [1.165, 1.54) is 48.9 Å². The number of aromatic nitrogens is 1. The molecule has 1 N–H and O–H groups in total. The summed E-state index contributed by atoms with van der Waals surface area (Å²) in [5, 5.41) is 7.88. The SMILES string of the molecule is Cc1cccc2cc3c(cc12)[nH]c1ccc2ccccc2c13. The summed E-state index contributed by atoms with van der Waals surface area (Å²) >= 11 is 0. The first-order chi connectivity index (χ1) is 10.8. The molecular weight excluding hydrogens is 266 g/mol. The maximum Gasteiger partial charge on any atom is 0.0471 e. The Hall–Kier alpha value is -2.80. The molecule has 0 radical (unpaired) electrons. The maximum absolute atomic E-state index is 3.59. The van der Waals surface area contributed by atoms with Crippen molar-refractivity contribution in [3.8, 4) is 0 Å². The Balaban J connectivity index is 2.07. The van der Waals surface area contributed by atoms with E-state index in [0.29, 0.717) is 0 Å². The molecule has 0 aliphatic carbocycles. The standard InChI is InChI=1S/C21H15N/c1-13-5-4-7-15-11-18-20(12-17(13)15)22-19-10-9-14-6-2-3-8-16(14)21(18)19/h2-12,22H,1H3. The van der Waals surface area contributed by atoms with E-state index in [-0.39, 0.29) is 0 Å². The van der Waals surface area contributed by atoms with Gasteiger partial charge >= 0.3 is 0 Å². The summed E-state index contributed by atoms with van der Waals surface area (Å²) in [4.78, 5) is 3.59. The third-order valence-electron chi connectivity index (χ3n) is 4.70. The number of nitrogens with one attached hydrogen (secondary N) is 1. The summed E-state index contributed by atoms with van der Waals surface area (Å²) in [6.45, 7) is 2.17. The van der Waals surface area contributed by atoms with E-state index in [9.17, 15) is 0 Å². The van der Waals surface area contributed by atoms with Crippen molar-refractivity contribution in [2.45, 2.75) is 6.92 Å². The van der Waals surface area contributed by atoms with Gasteiger partial charge in [-0.25, -0.2) is 0 Å². The van der Waals surface area contributed by atoms with E-state index in [0.717, 1.165) is 0 Å². The fraction of sp³-hybridized carbons (Fsp3) is 0.0476. The van der Waals surface area contributed by atoms with E-state index in [1.807, 2.05) is 0 Å². The zero-order chi connectivity index (χ0) is 14.7. The molecule has 0 atom stereocenters. The number of aromatic amines is 1. The Bertz CT molecular complexity index is 1180. The van der Waals surface area contributed by atoms with Crippen LogP contribution >= 0.6 is 0 Å². The van der Waals surface area contributed by atoms with Crippen molar-refractivity contribution in [1.82, 2.24) is 4.98 Å². The van der Waals surface area contributed by atoms with Crippen molar-refractivity contribution in [2.24, 2.45) is 0 Å². The van der Waals surface area contributed by atoms with Gasteiger partial charge in [0.15, 0.2) is 0 Å². The lowest BCUT2D eigenvalue weighted by Crippen LogP contribution is -1.78. The van der Waals surface area contributed by atoms with Crippen LogP contribution in [0.25, 0.3) is 43.4 Å². The van der Waals surface area contributed by atoms with Crippen LogP contribution in [-0.4, -0.2) is 4.98 Å². The van der Waals surface area contributed by atoms with Gasteiger partial charge in [0.1, 0.15) is 0 Å². The van der Waals surface area contributed by atoms with Gasteiger partial charge in [0.25, 0.3) is 0 Å². The molecule has 1 heterocycles. The molecule has 5 aromatic rings. The molecular formula is C21H15N. The summed E-state index contributed by atoms with van der Waals surface area (Å²) in [6.07, 6.45) is 0. The third-order valence-corrected chi connectivity index (χ3v) is 4.70. The first-order valence-electron chi connectivity index (χ1n) is 7.64. The molecule has 22 heavy (non-hydrogen) atoms. The summed E-state index contributed by atoms with van der Waals surface area (Å²) < 4.78 is 0. The zero-order valence-electron chi connectivity index (χ0n) is 12.4. The van der Waals surface area contributed by atoms with Gasteiger partial charge in [-0.2, -0.15) is 0 Å². The van der Waals surface area contributed by atoms with Gasteiger partial charge in [-0.05, 0) is 52.2 Å². The number of rotatable bonds is 0. The van der Waals surface area contributed by atoms with E-state index in [1.54, 1.807) is 0 Å². The summed E-state index contributed by atoms with van der Waals surface area (Å²) in [5.74, 6) is 0. The lowest BCUT2D eigenvalue weighted by molar-refractivity contribution is 1.52. The molecule has 0 bridgehead atoms. The molecule has 1 aromatic heterocycles. The molecule has 104 valence electrons. The number of fused-ring (bicyclic) bond motifs is 6. The molecule has 1 heteroatoms. The highest BCUT2D eigenvalue weighted by Gasteiger charge is 2.09. The van der Waals surface area contributed by atoms with Crippen LogP contribution in [0, 0.1) is 6.92 Å². The monoisotopic (exact) mass is 281 g/mol. The van der Waals surface area contributed by atoms with Crippen molar-refractivity contribution < 1.29 is 0 Å². The highest BCUT2D eigenvalue weighted by molar-refractivity contribution is 6.22. The van der Waals surface area contributed by atoms with Crippen LogP contribution in [0.1, 0.15) is 5.56 Å². The second kappa shape index (κ2) is 4.11. The van der Waals surface area contributed by atoms with Gasteiger partial charge in [-0.15, -0.1) is 0 Å². The summed E-state index contributed by atoms with van der Waals surface area (Å²) in [7, 11) is 0. The molecule has 0 spiro atoms. The van der Waals surface area contributed by atoms with Crippen molar-refractivity contribution >= 4 is 43.4 Å². The predicted octanol–water partition coefficient (Wildman–Crippen LogP) is 5.94. The largest absolute Gasteiger partial charge is 0.354 e. The molecule has 0 saturated carbocycles. The number of hydrogen-bond acceptors (Lipinski definition) is 0. The minimum absolute atomic E-state index is 1.21. The Labute approximate surface area is 128 Å². The average Bonchev–Trinajstić information content (AvgIpc) is 2.91. The first kappa shape index (κ1) is 11.8. The van der Waals surface area contributed by atoms with E-state index in [4.69, 9.17) is 0 Å². The summed E-state index contributed by atoms with van der Waals surface area (Å²) in [5.41, 5.74) is 3.75. The highest BCUT2D eigenvalue weighted by Crippen LogP contribution is 2.34. The number of H-pyrrole nitrogens is 1. The number of benzene rings is 4. The quantitative estimate of drug-likeness (QED) is 0.362. The maximum atomic E-state index is 3.59. The van der Waals surface area contributed by atoms with Gasteiger partial charge in [-0.1, -0.05) is 48.5 Å². The van der Waals surface area contributed by atoms with Gasteiger partial charge in [0.05, 0.1) is 0 Å². The lowest BCUT2D eigenvalue weighted by Gasteiger charge is -2.03. The predicted molar refractivity (Wildman–Crippen MR) is 95.6 cm³/mol. The van der Waals surface area contributed by atoms with Gasteiger partial charge < -0.3 is 4.98 Å². The Kier molecular flexibility index (Phi) is 2.21. The van der Waals surface area contributed by atoms with E-state index in [2.05, 4.69) is 78.6 Å². The zero-order valence-corrected chi connectivity index (χ0v) is 12.4. The van der Waals surface area contributed by atoms with Crippen molar-refractivity contribution in [2.75, 3.05) is 0 Å². The second-order valence-electron chi connectivity index (χ2n) is 6.03. The van der Waals surface area contributed by atoms with E-state index >= 15 is 0 Å². The molecule has 0 aliphatic rings. The van der Waals surface area contributed by atoms with Crippen LogP contribution in [0.15, 0.2) is 66.7 Å². The lowest BCUT2D eigenvalue weighted by atomic mass is 10.00. The van der Waals surface area contributed by atoms with Crippen LogP contribution in [-0.2, 0) is 0 Å². The number of aryl methyl sites for hydroxylation is 1. The summed E-state index contributed by atoms with van der Waals surface area (Å²) in [6, 6.07) is 24.1. The van der Waals surface area contributed by atoms with Crippen LogP contribution in [0.4, 0.5) is 0 Å². The van der Waals surface area contributed by atoms with Crippen molar-refractivity contribution in [3.05, 3.63) is 72.3 Å². The minimum Gasteiger partial charge on any atom is -0.354 e. The molecule has 0 amide bonds. The highest BCUT2D eigenvalue weighted by atomic mass is 14.7. The van der Waals surface area contributed by atoms with Gasteiger partial charge in [0.2, 0.25) is 0 Å². The fourth-order valence-corrected chi connectivity index (χ4v) is 3.60. The molecule has 4 aromatic carbocycles. The topological polar surface area (TPSA) is 15.8 Å². The van der Waals surface area contributed by atoms with Crippen LogP contribution < -0.4 is 0 Å². The minimum atomic E-state index is 1.21. The molecule has 1 nitrogen and oxygen atoms in total. The molecule has 0 unspecified atom stereocenters. The van der Waals surface area contributed by atoms with Crippen LogP contribution in [0.5, 0.6) is 0 Å². The van der Waals surface area contributed by atoms with Crippen LogP contribution in [0.3, 0.4) is 0 Å². The average molecular weight is 281 g/mol.